The zero-order valence-corrected chi connectivity index (χ0v) is 10.0. The van der Waals surface area contributed by atoms with Crippen molar-refractivity contribution in [3.05, 3.63) is 36.4 Å². The summed E-state index contributed by atoms with van der Waals surface area (Å²) in [6, 6.07) is 5.84. The van der Waals surface area contributed by atoms with Gasteiger partial charge < -0.3 is 9.84 Å². The van der Waals surface area contributed by atoms with E-state index in [1.807, 2.05) is 0 Å². The zero-order chi connectivity index (χ0) is 13.1. The lowest BCUT2D eigenvalue weighted by Gasteiger charge is -2.07. The number of sulfone groups is 1. The van der Waals surface area contributed by atoms with Crippen LogP contribution in [-0.4, -0.2) is 32.4 Å². The van der Waals surface area contributed by atoms with Crippen LogP contribution in [0.15, 0.2) is 41.3 Å². The first kappa shape index (κ1) is 13.2. The Balaban J connectivity index is 2.80. The van der Waals surface area contributed by atoms with E-state index in [2.05, 4.69) is 6.58 Å². The van der Waals surface area contributed by atoms with Gasteiger partial charge in [-0.2, -0.15) is 0 Å². The van der Waals surface area contributed by atoms with E-state index in [1.54, 1.807) is 6.07 Å². The second-order valence-electron chi connectivity index (χ2n) is 3.44. The Morgan fingerprint density at radius 1 is 1.47 bits per heavy atom. The number of carboxylic acid groups (broad SMARTS) is 1. The average molecular weight is 256 g/mol. The molecule has 5 nitrogen and oxygen atoms in total. The Morgan fingerprint density at radius 3 is 2.65 bits per heavy atom. The van der Waals surface area contributed by atoms with E-state index in [9.17, 15) is 13.2 Å². The summed E-state index contributed by atoms with van der Waals surface area (Å²) in [6.45, 7) is 3.11. The van der Waals surface area contributed by atoms with E-state index in [0.717, 1.165) is 6.26 Å². The highest BCUT2D eigenvalue weighted by Crippen LogP contribution is 2.17. The molecule has 0 amide bonds. The summed E-state index contributed by atoms with van der Waals surface area (Å²) in [5.74, 6) is -0.861. The summed E-state index contributed by atoms with van der Waals surface area (Å²) in [5.41, 5.74) is -0.102. The van der Waals surface area contributed by atoms with Crippen LogP contribution < -0.4 is 4.74 Å². The fourth-order valence-electron chi connectivity index (χ4n) is 1.03. The molecule has 17 heavy (non-hydrogen) atoms. The molecule has 0 fully saturated rings. The highest BCUT2D eigenvalue weighted by atomic mass is 32.2. The van der Waals surface area contributed by atoms with Crippen molar-refractivity contribution in [1.29, 1.82) is 0 Å². The van der Waals surface area contributed by atoms with E-state index in [-0.39, 0.29) is 22.8 Å². The van der Waals surface area contributed by atoms with Gasteiger partial charge in [-0.3, -0.25) is 0 Å². The molecule has 0 bridgehead atoms. The van der Waals surface area contributed by atoms with Crippen molar-refractivity contribution in [2.24, 2.45) is 0 Å². The molecule has 1 aromatic rings. The monoisotopic (exact) mass is 256 g/mol. The minimum atomic E-state index is -3.30. The second kappa shape index (κ2) is 5.01. The Morgan fingerprint density at radius 2 is 2.12 bits per heavy atom. The largest absolute Gasteiger partial charge is 0.489 e. The number of aliphatic carboxylic acids is 1. The molecule has 0 aliphatic carbocycles. The highest BCUT2D eigenvalue weighted by Gasteiger charge is 2.09. The molecule has 0 unspecified atom stereocenters. The van der Waals surface area contributed by atoms with Crippen LogP contribution in [0.5, 0.6) is 5.75 Å². The van der Waals surface area contributed by atoms with Crippen LogP contribution in [0, 0.1) is 0 Å². The van der Waals surface area contributed by atoms with E-state index in [4.69, 9.17) is 9.84 Å². The molecule has 0 aromatic heterocycles. The third-order valence-electron chi connectivity index (χ3n) is 1.95. The van der Waals surface area contributed by atoms with Gasteiger partial charge in [-0.1, -0.05) is 12.6 Å². The average Bonchev–Trinajstić information content (AvgIpc) is 2.25. The van der Waals surface area contributed by atoms with Gasteiger partial charge in [0.2, 0.25) is 0 Å². The fraction of sp³-hybridized carbons (Fsp3) is 0.182. The first-order valence-corrected chi connectivity index (χ1v) is 6.54. The van der Waals surface area contributed by atoms with Crippen LogP contribution in [0.4, 0.5) is 0 Å². The van der Waals surface area contributed by atoms with Crippen molar-refractivity contribution in [2.75, 3.05) is 12.9 Å². The SMILES string of the molecule is C=C(COc1cccc(S(C)(=O)=O)c1)C(=O)O. The van der Waals surface area contributed by atoms with Gasteiger partial charge in [0.15, 0.2) is 9.84 Å². The lowest BCUT2D eigenvalue weighted by Crippen LogP contribution is -2.09. The molecule has 0 radical (unpaired) electrons. The molecule has 92 valence electrons. The molecule has 6 heteroatoms. The summed E-state index contributed by atoms with van der Waals surface area (Å²) in [4.78, 5) is 10.6. The number of hydrogen-bond donors (Lipinski definition) is 1. The molecular weight excluding hydrogens is 244 g/mol. The third kappa shape index (κ3) is 3.92. The molecule has 0 atom stereocenters. The van der Waals surface area contributed by atoms with Crippen molar-refractivity contribution in [1.82, 2.24) is 0 Å². The van der Waals surface area contributed by atoms with E-state index >= 15 is 0 Å². The predicted molar refractivity (Wildman–Crippen MR) is 61.8 cm³/mol. The fourth-order valence-corrected chi connectivity index (χ4v) is 1.68. The van der Waals surface area contributed by atoms with Gasteiger partial charge in [0.1, 0.15) is 12.4 Å². The van der Waals surface area contributed by atoms with E-state index in [0.29, 0.717) is 0 Å². The molecule has 0 saturated carbocycles. The molecule has 1 aromatic carbocycles. The quantitative estimate of drug-likeness (QED) is 0.798. The first-order valence-electron chi connectivity index (χ1n) is 4.64. The smallest absolute Gasteiger partial charge is 0.334 e. The second-order valence-corrected chi connectivity index (χ2v) is 5.46. The van der Waals surface area contributed by atoms with Gasteiger partial charge in [-0.25, -0.2) is 13.2 Å². The van der Waals surface area contributed by atoms with Crippen molar-refractivity contribution in [3.63, 3.8) is 0 Å². The van der Waals surface area contributed by atoms with Crippen molar-refractivity contribution in [2.45, 2.75) is 4.90 Å². The Labute approximate surface area is 99.3 Å². The number of hydrogen-bond acceptors (Lipinski definition) is 4. The highest BCUT2D eigenvalue weighted by molar-refractivity contribution is 7.90. The third-order valence-corrected chi connectivity index (χ3v) is 3.06. The number of benzene rings is 1. The molecule has 0 saturated heterocycles. The van der Waals surface area contributed by atoms with Gasteiger partial charge >= 0.3 is 5.97 Å². The maximum absolute atomic E-state index is 11.3. The van der Waals surface area contributed by atoms with Crippen molar-refractivity contribution >= 4 is 15.8 Å². The Bertz CT molecular complexity index is 545. The molecule has 1 rings (SSSR count). The predicted octanol–water partition coefficient (Wildman–Crippen LogP) is 1.11. The van der Waals surface area contributed by atoms with Crippen LogP contribution in [0.3, 0.4) is 0 Å². The number of ether oxygens (including phenoxy) is 1. The van der Waals surface area contributed by atoms with Crippen molar-refractivity contribution in [3.8, 4) is 5.75 Å². The summed E-state index contributed by atoms with van der Waals surface area (Å²) >= 11 is 0. The Kier molecular flexibility index (Phi) is 3.90. The molecule has 0 heterocycles. The van der Waals surface area contributed by atoms with Crippen LogP contribution in [-0.2, 0) is 14.6 Å². The number of carboxylic acids is 1. The molecular formula is C11H12O5S. The Hall–Kier alpha value is -1.82. The van der Waals surface area contributed by atoms with E-state index in [1.165, 1.54) is 18.2 Å². The lowest BCUT2D eigenvalue weighted by molar-refractivity contribution is -0.133. The van der Waals surface area contributed by atoms with Crippen LogP contribution >= 0.6 is 0 Å². The summed E-state index contributed by atoms with van der Waals surface area (Å²) in [6.07, 6.45) is 1.09. The molecule has 0 aliphatic rings. The molecule has 0 aliphatic heterocycles. The minimum Gasteiger partial charge on any atom is -0.489 e. The standard InChI is InChI=1S/C11H12O5S/c1-8(11(12)13)7-16-9-4-3-5-10(6-9)17(2,14)15/h3-6H,1,7H2,2H3,(H,12,13). The van der Waals surface area contributed by atoms with Gasteiger partial charge in [0.25, 0.3) is 0 Å². The minimum absolute atomic E-state index is 0.102. The van der Waals surface area contributed by atoms with Crippen molar-refractivity contribution < 1.29 is 23.1 Å². The van der Waals surface area contributed by atoms with Crippen LogP contribution in [0.1, 0.15) is 0 Å². The van der Waals surface area contributed by atoms with Gasteiger partial charge in [-0.15, -0.1) is 0 Å². The summed E-state index contributed by atoms with van der Waals surface area (Å²) < 4.78 is 27.6. The van der Waals surface area contributed by atoms with Crippen LogP contribution in [0.2, 0.25) is 0 Å². The van der Waals surface area contributed by atoms with Gasteiger partial charge in [-0.05, 0) is 18.2 Å². The summed E-state index contributed by atoms with van der Waals surface area (Å²) in [5, 5.41) is 8.57. The molecule has 0 spiro atoms. The maximum atomic E-state index is 11.3. The number of rotatable bonds is 5. The topological polar surface area (TPSA) is 80.7 Å². The number of carbonyl (C=O) groups is 1. The lowest BCUT2D eigenvalue weighted by atomic mass is 10.3. The molecule has 1 N–H and O–H groups in total. The van der Waals surface area contributed by atoms with E-state index < -0.39 is 15.8 Å². The van der Waals surface area contributed by atoms with Gasteiger partial charge in [0.05, 0.1) is 10.5 Å². The maximum Gasteiger partial charge on any atom is 0.334 e. The summed E-state index contributed by atoms with van der Waals surface area (Å²) in [7, 11) is -3.30. The normalized spacial score (nSPS) is 10.9. The first-order chi connectivity index (χ1) is 7.80. The zero-order valence-electron chi connectivity index (χ0n) is 9.21. The van der Waals surface area contributed by atoms with Gasteiger partial charge in [0, 0.05) is 6.26 Å². The van der Waals surface area contributed by atoms with Crippen LogP contribution in [0.25, 0.3) is 0 Å².